The monoisotopic (exact) mass is 384 g/mol. The summed E-state index contributed by atoms with van der Waals surface area (Å²) >= 11 is 14.2. The zero-order valence-electron chi connectivity index (χ0n) is 13.2. The lowest BCUT2D eigenvalue weighted by Gasteiger charge is -2.05. The highest BCUT2D eigenvalue weighted by molar-refractivity contribution is 7.07. The van der Waals surface area contributed by atoms with E-state index in [-0.39, 0.29) is 0 Å². The number of thiophene rings is 1. The molecule has 0 aliphatic carbocycles. The number of aromatic amines is 1. The van der Waals surface area contributed by atoms with E-state index in [1.165, 1.54) is 5.56 Å². The van der Waals surface area contributed by atoms with Crippen molar-refractivity contribution in [2.24, 2.45) is 0 Å². The van der Waals surface area contributed by atoms with E-state index in [0.717, 1.165) is 34.8 Å². The second-order valence-corrected chi connectivity index (χ2v) is 7.33. The maximum absolute atomic E-state index is 6.44. The number of imidazole rings is 1. The van der Waals surface area contributed by atoms with Crippen LogP contribution < -0.4 is 0 Å². The van der Waals surface area contributed by atoms with Gasteiger partial charge in [-0.3, -0.25) is 0 Å². The molecule has 0 spiro atoms. The van der Waals surface area contributed by atoms with Crippen LogP contribution in [0.4, 0.5) is 0 Å². The first kappa shape index (κ1) is 16.4. The first-order valence-electron chi connectivity index (χ1n) is 7.81. The van der Waals surface area contributed by atoms with Crippen molar-refractivity contribution in [2.45, 2.75) is 6.42 Å². The Bertz CT molecular complexity index is 992. The van der Waals surface area contributed by atoms with Crippen LogP contribution >= 0.6 is 34.5 Å². The molecule has 4 aromatic rings. The van der Waals surface area contributed by atoms with E-state index in [2.05, 4.69) is 33.9 Å². The minimum atomic E-state index is 0.596. The third kappa shape index (κ3) is 3.49. The predicted octanol–water partition coefficient (Wildman–Crippen LogP) is 6.70. The molecular weight excluding hydrogens is 371 g/mol. The number of hydrogen-bond donors (Lipinski definition) is 1. The van der Waals surface area contributed by atoms with Gasteiger partial charge in [0.05, 0.1) is 16.4 Å². The summed E-state index contributed by atoms with van der Waals surface area (Å²) in [5.41, 5.74) is 5.01. The van der Waals surface area contributed by atoms with E-state index in [4.69, 9.17) is 28.2 Å². The van der Waals surface area contributed by atoms with Crippen LogP contribution in [0.2, 0.25) is 10.0 Å². The highest BCUT2D eigenvalue weighted by atomic mass is 35.5. The summed E-state index contributed by atoms with van der Waals surface area (Å²) in [6, 6.07) is 17.8. The average molecular weight is 385 g/mol. The van der Waals surface area contributed by atoms with Crippen molar-refractivity contribution in [1.29, 1.82) is 0 Å². The minimum absolute atomic E-state index is 0.596. The molecular formula is C20H14Cl2N2S. The molecule has 2 aromatic carbocycles. The second kappa shape index (κ2) is 7.04. The molecule has 2 aromatic heterocycles. The molecule has 1 N–H and O–H groups in total. The summed E-state index contributed by atoms with van der Waals surface area (Å²) < 4.78 is 0. The van der Waals surface area contributed by atoms with E-state index in [0.29, 0.717) is 10.0 Å². The SMILES string of the molecule is Clc1ccc(-c2nc(Cc3ccsc3)[nH]c2-c2ccccc2)c(Cl)c1. The third-order valence-corrected chi connectivity index (χ3v) is 5.23. The van der Waals surface area contributed by atoms with Crippen LogP contribution in [0.3, 0.4) is 0 Å². The normalized spacial score (nSPS) is 11.0. The highest BCUT2D eigenvalue weighted by Gasteiger charge is 2.17. The molecule has 0 atom stereocenters. The molecule has 0 amide bonds. The van der Waals surface area contributed by atoms with Crippen LogP contribution in [0.1, 0.15) is 11.4 Å². The molecule has 0 bridgehead atoms. The number of nitrogens with one attached hydrogen (secondary N) is 1. The fourth-order valence-corrected chi connectivity index (χ4v) is 3.95. The van der Waals surface area contributed by atoms with Gasteiger partial charge in [0.15, 0.2) is 0 Å². The van der Waals surface area contributed by atoms with E-state index < -0.39 is 0 Å². The molecule has 0 aliphatic heterocycles. The largest absolute Gasteiger partial charge is 0.341 e. The van der Waals surface area contributed by atoms with Crippen LogP contribution in [-0.2, 0) is 6.42 Å². The van der Waals surface area contributed by atoms with Gasteiger partial charge in [0.25, 0.3) is 0 Å². The van der Waals surface area contributed by atoms with Gasteiger partial charge in [-0.05, 0) is 40.6 Å². The van der Waals surface area contributed by atoms with Crippen molar-refractivity contribution in [1.82, 2.24) is 9.97 Å². The van der Waals surface area contributed by atoms with Crippen LogP contribution in [0.15, 0.2) is 65.4 Å². The Morgan fingerprint density at radius 2 is 1.84 bits per heavy atom. The Balaban J connectivity index is 1.84. The summed E-state index contributed by atoms with van der Waals surface area (Å²) in [5, 5.41) is 5.43. The van der Waals surface area contributed by atoms with Gasteiger partial charge in [-0.1, -0.05) is 53.5 Å². The van der Waals surface area contributed by atoms with E-state index >= 15 is 0 Å². The van der Waals surface area contributed by atoms with Crippen LogP contribution in [-0.4, -0.2) is 9.97 Å². The van der Waals surface area contributed by atoms with Crippen LogP contribution in [0.25, 0.3) is 22.5 Å². The summed E-state index contributed by atoms with van der Waals surface area (Å²) in [7, 11) is 0. The number of rotatable bonds is 4. The average Bonchev–Trinajstić information content (AvgIpc) is 3.26. The minimum Gasteiger partial charge on any atom is -0.341 e. The van der Waals surface area contributed by atoms with Crippen molar-refractivity contribution in [3.05, 3.63) is 86.8 Å². The number of halogens is 2. The Hall–Kier alpha value is -2.07. The van der Waals surface area contributed by atoms with Gasteiger partial charge in [0, 0.05) is 22.6 Å². The quantitative estimate of drug-likeness (QED) is 0.416. The topological polar surface area (TPSA) is 28.7 Å². The van der Waals surface area contributed by atoms with E-state index in [9.17, 15) is 0 Å². The van der Waals surface area contributed by atoms with Crippen molar-refractivity contribution in [2.75, 3.05) is 0 Å². The molecule has 0 fully saturated rings. The molecule has 4 rings (SSSR count). The Morgan fingerprint density at radius 1 is 1.00 bits per heavy atom. The number of nitrogens with zero attached hydrogens (tertiary/aromatic N) is 1. The zero-order chi connectivity index (χ0) is 17.2. The summed E-state index contributed by atoms with van der Waals surface area (Å²) in [6.45, 7) is 0. The molecule has 0 saturated carbocycles. The Kier molecular flexibility index (Phi) is 4.62. The zero-order valence-corrected chi connectivity index (χ0v) is 15.5. The number of H-pyrrole nitrogens is 1. The molecule has 2 heterocycles. The van der Waals surface area contributed by atoms with Gasteiger partial charge in [-0.15, -0.1) is 0 Å². The predicted molar refractivity (Wildman–Crippen MR) is 107 cm³/mol. The Labute approximate surface area is 160 Å². The third-order valence-electron chi connectivity index (χ3n) is 3.95. The molecule has 124 valence electrons. The van der Waals surface area contributed by atoms with Crippen molar-refractivity contribution in [3.8, 4) is 22.5 Å². The molecule has 5 heteroatoms. The first-order valence-corrected chi connectivity index (χ1v) is 9.51. The molecule has 0 radical (unpaired) electrons. The smallest absolute Gasteiger partial charge is 0.111 e. The number of benzene rings is 2. The van der Waals surface area contributed by atoms with Crippen LogP contribution in [0, 0.1) is 0 Å². The Morgan fingerprint density at radius 3 is 2.56 bits per heavy atom. The van der Waals surface area contributed by atoms with E-state index in [1.54, 1.807) is 17.4 Å². The summed E-state index contributed by atoms with van der Waals surface area (Å²) in [5.74, 6) is 0.915. The first-order chi connectivity index (χ1) is 12.2. The lowest BCUT2D eigenvalue weighted by molar-refractivity contribution is 1.03. The fraction of sp³-hybridized carbons (Fsp3) is 0.0500. The standard InChI is InChI=1S/C20H14Cl2N2S/c21-15-6-7-16(17(22)11-15)20-19(14-4-2-1-3-5-14)23-18(24-20)10-13-8-9-25-12-13/h1-9,11-12H,10H2,(H,23,24). The highest BCUT2D eigenvalue weighted by Crippen LogP contribution is 2.36. The van der Waals surface area contributed by atoms with Gasteiger partial charge in [0.2, 0.25) is 0 Å². The molecule has 25 heavy (non-hydrogen) atoms. The van der Waals surface area contributed by atoms with Crippen molar-refractivity contribution in [3.63, 3.8) is 0 Å². The van der Waals surface area contributed by atoms with Gasteiger partial charge < -0.3 is 4.98 Å². The molecule has 0 aliphatic rings. The summed E-state index contributed by atoms with van der Waals surface area (Å²) in [4.78, 5) is 8.32. The lowest BCUT2D eigenvalue weighted by Crippen LogP contribution is -1.88. The summed E-state index contributed by atoms with van der Waals surface area (Å²) in [6.07, 6.45) is 0.758. The van der Waals surface area contributed by atoms with Gasteiger partial charge >= 0.3 is 0 Å². The maximum atomic E-state index is 6.44. The number of hydrogen-bond acceptors (Lipinski definition) is 2. The van der Waals surface area contributed by atoms with Crippen LogP contribution in [0.5, 0.6) is 0 Å². The van der Waals surface area contributed by atoms with E-state index in [1.807, 2.05) is 30.3 Å². The second-order valence-electron chi connectivity index (χ2n) is 5.71. The van der Waals surface area contributed by atoms with Gasteiger partial charge in [-0.25, -0.2) is 4.98 Å². The number of aromatic nitrogens is 2. The lowest BCUT2D eigenvalue weighted by atomic mass is 10.1. The maximum Gasteiger partial charge on any atom is 0.111 e. The van der Waals surface area contributed by atoms with Gasteiger partial charge in [-0.2, -0.15) is 11.3 Å². The van der Waals surface area contributed by atoms with Gasteiger partial charge in [0.1, 0.15) is 5.82 Å². The molecule has 0 saturated heterocycles. The molecule has 0 unspecified atom stereocenters. The van der Waals surface area contributed by atoms with Crippen molar-refractivity contribution >= 4 is 34.5 Å². The molecule has 2 nitrogen and oxygen atoms in total. The van der Waals surface area contributed by atoms with Crippen molar-refractivity contribution < 1.29 is 0 Å². The fourth-order valence-electron chi connectivity index (χ4n) is 2.78.